The van der Waals surface area contributed by atoms with Gasteiger partial charge < -0.3 is 5.32 Å². The number of benzene rings is 1. The fraction of sp³-hybridized carbons (Fsp3) is 0.250. The molecule has 0 aliphatic heterocycles. The van der Waals surface area contributed by atoms with E-state index < -0.39 is 0 Å². The first-order valence-corrected chi connectivity index (χ1v) is 4.91. The molecule has 14 heavy (non-hydrogen) atoms. The third-order valence-electron chi connectivity index (χ3n) is 2.23. The van der Waals surface area contributed by atoms with Crippen molar-refractivity contribution in [1.82, 2.24) is 4.98 Å². The number of pyridine rings is 1. The molecule has 72 valence electrons. The number of aryl methyl sites for hydroxylation is 1. The van der Waals surface area contributed by atoms with Gasteiger partial charge >= 0.3 is 0 Å². The van der Waals surface area contributed by atoms with E-state index in [1.54, 1.807) is 0 Å². The molecule has 2 heteroatoms. The number of hydrogen-bond donors (Lipinski definition) is 1. The van der Waals surface area contributed by atoms with Gasteiger partial charge in [0.25, 0.3) is 0 Å². The van der Waals surface area contributed by atoms with Gasteiger partial charge in [0.15, 0.2) is 0 Å². The molecule has 2 rings (SSSR count). The van der Waals surface area contributed by atoms with Gasteiger partial charge in [-0.2, -0.15) is 0 Å². The summed E-state index contributed by atoms with van der Waals surface area (Å²) in [5, 5.41) is 4.50. The first kappa shape index (κ1) is 9.00. The quantitative estimate of drug-likeness (QED) is 0.780. The van der Waals surface area contributed by atoms with Crippen molar-refractivity contribution in [2.45, 2.75) is 13.8 Å². The SMILES string of the molecule is CCNc1cccc2ccc(C)nc12. The molecule has 1 heterocycles. The van der Waals surface area contributed by atoms with Gasteiger partial charge in [0.05, 0.1) is 11.2 Å². The third kappa shape index (κ3) is 1.55. The maximum Gasteiger partial charge on any atom is 0.0936 e. The van der Waals surface area contributed by atoms with Crippen LogP contribution in [0.5, 0.6) is 0 Å². The maximum absolute atomic E-state index is 4.53. The summed E-state index contributed by atoms with van der Waals surface area (Å²) in [7, 11) is 0. The molecule has 0 saturated heterocycles. The monoisotopic (exact) mass is 186 g/mol. The normalized spacial score (nSPS) is 10.4. The van der Waals surface area contributed by atoms with Crippen molar-refractivity contribution in [1.29, 1.82) is 0 Å². The second-order valence-corrected chi connectivity index (χ2v) is 3.36. The van der Waals surface area contributed by atoms with Crippen molar-refractivity contribution in [3.63, 3.8) is 0 Å². The number of anilines is 1. The van der Waals surface area contributed by atoms with Crippen molar-refractivity contribution in [3.8, 4) is 0 Å². The van der Waals surface area contributed by atoms with Crippen LogP contribution in [-0.4, -0.2) is 11.5 Å². The minimum absolute atomic E-state index is 0.925. The second-order valence-electron chi connectivity index (χ2n) is 3.36. The Hall–Kier alpha value is -1.57. The fourth-order valence-corrected chi connectivity index (χ4v) is 1.58. The minimum atomic E-state index is 0.925. The largest absolute Gasteiger partial charge is 0.384 e. The number of hydrogen-bond acceptors (Lipinski definition) is 2. The number of nitrogens with zero attached hydrogens (tertiary/aromatic N) is 1. The number of para-hydroxylation sites is 1. The molecule has 2 aromatic rings. The van der Waals surface area contributed by atoms with Crippen molar-refractivity contribution >= 4 is 16.6 Å². The van der Waals surface area contributed by atoms with Gasteiger partial charge in [-0.15, -0.1) is 0 Å². The number of fused-ring (bicyclic) bond motifs is 1. The van der Waals surface area contributed by atoms with Crippen LogP contribution in [-0.2, 0) is 0 Å². The van der Waals surface area contributed by atoms with E-state index in [1.807, 2.05) is 13.0 Å². The van der Waals surface area contributed by atoms with Crippen molar-refractivity contribution in [2.24, 2.45) is 0 Å². The molecular formula is C12H14N2. The lowest BCUT2D eigenvalue weighted by Gasteiger charge is -2.07. The Labute approximate surface area is 84.0 Å². The summed E-state index contributed by atoms with van der Waals surface area (Å²) < 4.78 is 0. The van der Waals surface area contributed by atoms with Crippen molar-refractivity contribution < 1.29 is 0 Å². The van der Waals surface area contributed by atoms with Crippen LogP contribution < -0.4 is 5.32 Å². The van der Waals surface area contributed by atoms with Gasteiger partial charge in [0, 0.05) is 17.6 Å². The zero-order valence-electron chi connectivity index (χ0n) is 8.54. The fourth-order valence-electron chi connectivity index (χ4n) is 1.58. The Balaban J connectivity index is 2.64. The lowest BCUT2D eigenvalue weighted by molar-refractivity contribution is 1.20. The van der Waals surface area contributed by atoms with Gasteiger partial charge in [-0.05, 0) is 26.0 Å². The number of nitrogens with one attached hydrogen (secondary N) is 1. The van der Waals surface area contributed by atoms with Crippen LogP contribution in [0.1, 0.15) is 12.6 Å². The summed E-state index contributed by atoms with van der Waals surface area (Å²) in [5.74, 6) is 0. The van der Waals surface area contributed by atoms with Crippen LogP contribution in [0.25, 0.3) is 10.9 Å². The second kappa shape index (κ2) is 3.66. The molecule has 1 aromatic heterocycles. The molecule has 0 unspecified atom stereocenters. The van der Waals surface area contributed by atoms with Crippen LogP contribution >= 0.6 is 0 Å². The average Bonchev–Trinajstić information content (AvgIpc) is 2.19. The summed E-state index contributed by atoms with van der Waals surface area (Å²) in [6.45, 7) is 5.03. The van der Waals surface area contributed by atoms with Gasteiger partial charge in [0.1, 0.15) is 0 Å². The Kier molecular flexibility index (Phi) is 2.35. The molecule has 0 bridgehead atoms. The molecule has 1 N–H and O–H groups in total. The van der Waals surface area contributed by atoms with E-state index in [0.717, 1.165) is 23.4 Å². The highest BCUT2D eigenvalue weighted by molar-refractivity contribution is 5.90. The zero-order valence-corrected chi connectivity index (χ0v) is 8.54. The number of aromatic nitrogens is 1. The highest BCUT2D eigenvalue weighted by atomic mass is 14.9. The van der Waals surface area contributed by atoms with E-state index in [1.165, 1.54) is 5.39 Å². The minimum Gasteiger partial charge on any atom is -0.384 e. The molecule has 2 nitrogen and oxygen atoms in total. The zero-order chi connectivity index (χ0) is 9.97. The summed E-state index contributed by atoms with van der Waals surface area (Å²) in [4.78, 5) is 4.53. The molecule has 0 atom stereocenters. The summed E-state index contributed by atoms with van der Waals surface area (Å²) >= 11 is 0. The first-order valence-electron chi connectivity index (χ1n) is 4.91. The van der Waals surface area contributed by atoms with Gasteiger partial charge in [-0.1, -0.05) is 18.2 Å². The summed E-state index contributed by atoms with van der Waals surface area (Å²) in [5.41, 5.74) is 3.24. The smallest absolute Gasteiger partial charge is 0.0936 e. The Morgan fingerprint density at radius 2 is 2.07 bits per heavy atom. The van der Waals surface area contributed by atoms with E-state index in [9.17, 15) is 0 Å². The molecule has 0 spiro atoms. The van der Waals surface area contributed by atoms with Gasteiger partial charge in [-0.3, -0.25) is 4.98 Å². The molecule has 0 aliphatic rings. The molecular weight excluding hydrogens is 172 g/mol. The van der Waals surface area contributed by atoms with Crippen molar-refractivity contribution in [3.05, 3.63) is 36.0 Å². The van der Waals surface area contributed by atoms with Crippen LogP contribution in [0.4, 0.5) is 5.69 Å². The van der Waals surface area contributed by atoms with Crippen LogP contribution in [0.2, 0.25) is 0 Å². The Bertz CT molecular complexity index is 449. The highest BCUT2D eigenvalue weighted by Gasteiger charge is 2.00. The predicted molar refractivity (Wildman–Crippen MR) is 60.6 cm³/mol. The molecule has 0 amide bonds. The lowest BCUT2D eigenvalue weighted by atomic mass is 10.2. The summed E-state index contributed by atoms with van der Waals surface area (Å²) in [6.07, 6.45) is 0. The van der Waals surface area contributed by atoms with E-state index in [0.29, 0.717) is 0 Å². The third-order valence-corrected chi connectivity index (χ3v) is 2.23. The first-order chi connectivity index (χ1) is 6.81. The molecule has 0 radical (unpaired) electrons. The Morgan fingerprint density at radius 1 is 1.21 bits per heavy atom. The topological polar surface area (TPSA) is 24.9 Å². The highest BCUT2D eigenvalue weighted by Crippen LogP contribution is 2.21. The standard InChI is InChI=1S/C12H14N2/c1-3-13-11-6-4-5-10-8-7-9(2)14-12(10)11/h4-8,13H,3H2,1-2H3. The van der Waals surface area contributed by atoms with E-state index in [2.05, 4.69) is 41.5 Å². The molecule has 0 saturated carbocycles. The summed E-state index contributed by atoms with van der Waals surface area (Å²) in [6, 6.07) is 10.4. The molecule has 0 aliphatic carbocycles. The average molecular weight is 186 g/mol. The maximum atomic E-state index is 4.53. The lowest BCUT2D eigenvalue weighted by Crippen LogP contribution is -1.98. The van der Waals surface area contributed by atoms with E-state index in [-0.39, 0.29) is 0 Å². The Morgan fingerprint density at radius 3 is 2.86 bits per heavy atom. The van der Waals surface area contributed by atoms with Gasteiger partial charge in [-0.25, -0.2) is 0 Å². The molecule has 0 fully saturated rings. The van der Waals surface area contributed by atoms with Crippen LogP contribution in [0.15, 0.2) is 30.3 Å². The van der Waals surface area contributed by atoms with Crippen LogP contribution in [0.3, 0.4) is 0 Å². The van der Waals surface area contributed by atoms with Gasteiger partial charge in [0.2, 0.25) is 0 Å². The van der Waals surface area contributed by atoms with Crippen LogP contribution in [0, 0.1) is 6.92 Å². The predicted octanol–water partition coefficient (Wildman–Crippen LogP) is 2.98. The van der Waals surface area contributed by atoms with Crippen molar-refractivity contribution in [2.75, 3.05) is 11.9 Å². The van der Waals surface area contributed by atoms with E-state index >= 15 is 0 Å². The molecule has 1 aromatic carbocycles. The van der Waals surface area contributed by atoms with E-state index in [4.69, 9.17) is 0 Å². The number of rotatable bonds is 2.